The van der Waals surface area contributed by atoms with Gasteiger partial charge in [0.15, 0.2) is 0 Å². The molecule has 0 N–H and O–H groups in total. The van der Waals surface area contributed by atoms with Crippen LogP contribution in [-0.2, 0) is 0 Å². The number of piperazine rings is 1. The third-order valence-electron chi connectivity index (χ3n) is 2.92. The smallest absolute Gasteiger partial charge is 0.237 e. The number of hydrogen-bond acceptors (Lipinski definition) is 3. The van der Waals surface area contributed by atoms with Gasteiger partial charge in [0.05, 0.1) is 0 Å². The second kappa shape index (κ2) is 6.03. The van der Waals surface area contributed by atoms with Gasteiger partial charge in [-0.2, -0.15) is 0 Å². The molecule has 0 radical (unpaired) electrons. The van der Waals surface area contributed by atoms with Crippen LogP contribution < -0.4 is 0 Å². The number of ketones is 1. The van der Waals surface area contributed by atoms with E-state index in [0.717, 1.165) is 30.7 Å². The van der Waals surface area contributed by atoms with Crippen molar-refractivity contribution in [1.29, 1.82) is 0 Å². The lowest BCUT2D eigenvalue weighted by atomic mass is 10.1. The van der Waals surface area contributed by atoms with E-state index in [1.807, 2.05) is 17.0 Å². The quantitative estimate of drug-likeness (QED) is 0.584. The van der Waals surface area contributed by atoms with Gasteiger partial charge in [-0.05, 0) is 25.1 Å². The number of nitrogens with zero attached hydrogens (tertiary/aromatic N) is 2. The fourth-order valence-corrected chi connectivity index (χ4v) is 2.15. The molecule has 1 aromatic rings. The van der Waals surface area contributed by atoms with Gasteiger partial charge < -0.3 is 9.80 Å². The van der Waals surface area contributed by atoms with Gasteiger partial charge in [-0.25, -0.2) is 0 Å². The minimum atomic E-state index is -0.129. The van der Waals surface area contributed by atoms with Crippen LogP contribution in [-0.4, -0.2) is 48.8 Å². The summed E-state index contributed by atoms with van der Waals surface area (Å²) in [5.74, 6) is 2.58. The molecule has 1 aliphatic rings. The normalized spacial score (nSPS) is 16.0. The van der Waals surface area contributed by atoms with E-state index in [9.17, 15) is 4.79 Å². The van der Waals surface area contributed by atoms with Crippen LogP contribution in [0.2, 0.25) is 0 Å². The second-order valence-electron chi connectivity index (χ2n) is 4.37. The van der Waals surface area contributed by atoms with E-state index in [0.29, 0.717) is 5.56 Å². The van der Waals surface area contributed by atoms with E-state index < -0.39 is 0 Å². The van der Waals surface area contributed by atoms with Gasteiger partial charge >= 0.3 is 0 Å². The van der Waals surface area contributed by atoms with Crippen molar-refractivity contribution in [3.63, 3.8) is 0 Å². The van der Waals surface area contributed by atoms with E-state index in [2.05, 4.69) is 39.8 Å². The Morgan fingerprint density at radius 2 is 2.00 bits per heavy atom. The Labute approximate surface area is 116 Å². The summed E-state index contributed by atoms with van der Waals surface area (Å²) in [6.45, 7) is 3.80. The molecule has 4 heteroatoms. The Kier molecular flexibility index (Phi) is 4.40. The lowest BCUT2D eigenvalue weighted by Crippen LogP contribution is -2.42. The van der Waals surface area contributed by atoms with Gasteiger partial charge in [-0.3, -0.25) is 4.79 Å². The molecule has 3 nitrogen and oxygen atoms in total. The van der Waals surface area contributed by atoms with E-state index in [1.165, 1.54) is 0 Å². The van der Waals surface area contributed by atoms with Gasteiger partial charge in [0.1, 0.15) is 0 Å². The highest BCUT2D eigenvalue weighted by Gasteiger charge is 2.10. The van der Waals surface area contributed by atoms with Crippen molar-refractivity contribution in [3.8, 4) is 12.0 Å². The predicted molar refractivity (Wildman–Crippen MR) is 75.3 cm³/mol. The van der Waals surface area contributed by atoms with Gasteiger partial charge in [0.2, 0.25) is 5.78 Å². The van der Waals surface area contributed by atoms with E-state index in [4.69, 9.17) is 0 Å². The molecule has 2 rings (SSSR count). The highest BCUT2D eigenvalue weighted by Crippen LogP contribution is 2.11. The Morgan fingerprint density at radius 3 is 2.67 bits per heavy atom. The van der Waals surface area contributed by atoms with Crippen LogP contribution in [0.3, 0.4) is 0 Å². The molecule has 1 aliphatic heterocycles. The summed E-state index contributed by atoms with van der Waals surface area (Å²) in [5.41, 5.74) is 0.631. The van der Waals surface area contributed by atoms with Crippen molar-refractivity contribution >= 4 is 21.7 Å². The maximum atomic E-state index is 11.9. The van der Waals surface area contributed by atoms with Gasteiger partial charge in [0, 0.05) is 42.3 Å². The third-order valence-corrected chi connectivity index (χ3v) is 3.41. The average Bonchev–Trinajstić information content (AvgIpc) is 2.38. The molecule has 0 unspecified atom stereocenters. The largest absolute Gasteiger partial charge is 0.330 e. The van der Waals surface area contributed by atoms with E-state index in [-0.39, 0.29) is 5.78 Å². The molecule has 0 bridgehead atoms. The molecule has 0 amide bonds. The highest BCUT2D eigenvalue weighted by molar-refractivity contribution is 9.10. The molecule has 0 spiro atoms. The van der Waals surface area contributed by atoms with Crippen molar-refractivity contribution in [3.05, 3.63) is 34.3 Å². The number of benzene rings is 1. The van der Waals surface area contributed by atoms with Crippen LogP contribution in [0.5, 0.6) is 0 Å². The van der Waals surface area contributed by atoms with Crippen molar-refractivity contribution in [2.45, 2.75) is 0 Å². The highest BCUT2D eigenvalue weighted by atomic mass is 79.9. The Balaban J connectivity index is 2.00. The fourth-order valence-electron chi connectivity index (χ4n) is 1.75. The van der Waals surface area contributed by atoms with Crippen LogP contribution in [0.15, 0.2) is 28.7 Å². The monoisotopic (exact) mass is 306 g/mol. The minimum absolute atomic E-state index is 0.129. The average molecular weight is 307 g/mol. The lowest BCUT2D eigenvalue weighted by Gasteiger charge is -2.29. The summed E-state index contributed by atoms with van der Waals surface area (Å²) in [7, 11) is 2.09. The van der Waals surface area contributed by atoms with Crippen LogP contribution in [0, 0.1) is 12.0 Å². The zero-order valence-electron chi connectivity index (χ0n) is 10.3. The van der Waals surface area contributed by atoms with Crippen molar-refractivity contribution < 1.29 is 4.79 Å². The minimum Gasteiger partial charge on any atom is -0.330 e. The summed E-state index contributed by atoms with van der Waals surface area (Å²) in [6.07, 6.45) is 0. The summed E-state index contributed by atoms with van der Waals surface area (Å²) in [4.78, 5) is 16.1. The molecule has 0 saturated carbocycles. The van der Waals surface area contributed by atoms with E-state index in [1.54, 1.807) is 12.1 Å². The number of Topliss-reactive ketones (excluding diaryl/α,β-unsaturated/α-hetero) is 1. The van der Waals surface area contributed by atoms with Crippen molar-refractivity contribution in [2.24, 2.45) is 0 Å². The molecule has 1 saturated heterocycles. The molecule has 0 aliphatic carbocycles. The zero-order valence-corrected chi connectivity index (χ0v) is 11.9. The molecular formula is C14H15BrN2O. The zero-order chi connectivity index (χ0) is 13.0. The second-order valence-corrected chi connectivity index (χ2v) is 5.28. The Bertz CT molecular complexity index is 496. The summed E-state index contributed by atoms with van der Waals surface area (Å²) in [5, 5.41) is 0. The van der Waals surface area contributed by atoms with Gasteiger partial charge in [0.25, 0.3) is 0 Å². The summed E-state index contributed by atoms with van der Waals surface area (Å²) in [6, 6.07) is 10.3. The summed E-state index contributed by atoms with van der Waals surface area (Å²) < 4.78 is 0.898. The topological polar surface area (TPSA) is 23.6 Å². The number of carbonyl (C=O) groups is 1. The maximum absolute atomic E-state index is 11.9. The predicted octanol–water partition coefficient (Wildman–Crippen LogP) is 1.84. The molecule has 0 aromatic heterocycles. The van der Waals surface area contributed by atoms with E-state index >= 15 is 0 Å². The molecular weight excluding hydrogens is 292 g/mol. The number of rotatable bonds is 1. The number of hydrogen-bond donors (Lipinski definition) is 0. The molecule has 1 heterocycles. The molecule has 18 heavy (non-hydrogen) atoms. The summed E-state index contributed by atoms with van der Waals surface area (Å²) >= 11 is 3.35. The molecule has 1 fully saturated rings. The van der Waals surface area contributed by atoms with Crippen LogP contribution in [0.25, 0.3) is 0 Å². The first-order chi connectivity index (χ1) is 8.65. The maximum Gasteiger partial charge on any atom is 0.237 e. The van der Waals surface area contributed by atoms with Crippen LogP contribution >= 0.6 is 15.9 Å². The van der Waals surface area contributed by atoms with Gasteiger partial charge in [-0.15, -0.1) is 0 Å². The first kappa shape index (κ1) is 13.1. The standard InChI is InChI=1S/C14H15BrN2O/c1-16-7-9-17(10-8-16)6-5-14(18)12-3-2-4-13(15)11-12/h2-4,11H,7-10H2,1H3. The first-order valence-electron chi connectivity index (χ1n) is 5.90. The molecule has 1 aromatic carbocycles. The Hall–Kier alpha value is -1.31. The van der Waals surface area contributed by atoms with Gasteiger partial charge in [-0.1, -0.05) is 28.1 Å². The number of likely N-dealkylation sites (N-methyl/N-ethyl adjacent to an activating group) is 1. The van der Waals surface area contributed by atoms with Crippen LogP contribution in [0.1, 0.15) is 10.4 Å². The van der Waals surface area contributed by atoms with Crippen molar-refractivity contribution in [1.82, 2.24) is 9.80 Å². The molecule has 94 valence electrons. The first-order valence-corrected chi connectivity index (χ1v) is 6.69. The lowest BCUT2D eigenvalue weighted by molar-refractivity contribution is 0.105. The SMILES string of the molecule is CN1CCN(C#CC(=O)c2cccc(Br)c2)CC1. The number of halogens is 1. The Morgan fingerprint density at radius 1 is 1.28 bits per heavy atom. The number of carbonyl (C=O) groups excluding carboxylic acids is 1. The fraction of sp³-hybridized carbons (Fsp3) is 0.357. The molecule has 0 atom stereocenters. The van der Waals surface area contributed by atoms with Crippen LogP contribution in [0.4, 0.5) is 0 Å². The van der Waals surface area contributed by atoms with Crippen molar-refractivity contribution in [2.75, 3.05) is 33.2 Å². The third kappa shape index (κ3) is 3.59.